The SMILES string of the molecule is CCN(CC)CCN(Cc1cc2cc(C)c(C)cc2[nH]c1=O)C(=O)Nc1ccc(F)cc1. The molecule has 0 spiro atoms. The van der Waals surface area contributed by atoms with Crippen molar-refractivity contribution in [3.8, 4) is 0 Å². The molecule has 32 heavy (non-hydrogen) atoms. The van der Waals surface area contributed by atoms with Gasteiger partial charge in [-0.05, 0) is 85.9 Å². The van der Waals surface area contributed by atoms with E-state index in [4.69, 9.17) is 0 Å². The molecule has 3 rings (SSSR count). The van der Waals surface area contributed by atoms with E-state index in [2.05, 4.69) is 29.0 Å². The highest BCUT2D eigenvalue weighted by Gasteiger charge is 2.18. The van der Waals surface area contributed by atoms with Gasteiger partial charge in [-0.1, -0.05) is 13.8 Å². The number of likely N-dealkylation sites (N-methyl/N-ethyl adjacent to an activating group) is 1. The van der Waals surface area contributed by atoms with Crippen LogP contribution in [0, 0.1) is 19.7 Å². The number of halogens is 1. The maximum Gasteiger partial charge on any atom is 0.322 e. The average molecular weight is 439 g/mol. The van der Waals surface area contributed by atoms with E-state index in [9.17, 15) is 14.0 Å². The molecule has 2 N–H and O–H groups in total. The molecule has 0 saturated carbocycles. The number of nitrogens with one attached hydrogen (secondary N) is 2. The molecule has 1 heterocycles. The Morgan fingerprint density at radius 1 is 1.00 bits per heavy atom. The van der Waals surface area contributed by atoms with Gasteiger partial charge in [0.25, 0.3) is 5.56 Å². The minimum absolute atomic E-state index is 0.173. The lowest BCUT2D eigenvalue weighted by molar-refractivity contribution is 0.194. The van der Waals surface area contributed by atoms with E-state index in [-0.39, 0.29) is 24.0 Å². The van der Waals surface area contributed by atoms with Crippen LogP contribution in [0.3, 0.4) is 0 Å². The summed E-state index contributed by atoms with van der Waals surface area (Å²) in [5.74, 6) is -0.366. The van der Waals surface area contributed by atoms with E-state index in [1.165, 1.54) is 24.3 Å². The molecule has 0 aliphatic heterocycles. The number of hydrogen-bond donors (Lipinski definition) is 2. The number of aromatic nitrogens is 1. The molecule has 7 heteroatoms. The first kappa shape index (κ1) is 23.5. The highest BCUT2D eigenvalue weighted by Crippen LogP contribution is 2.18. The zero-order chi connectivity index (χ0) is 23.3. The molecule has 0 bridgehead atoms. The number of urea groups is 1. The summed E-state index contributed by atoms with van der Waals surface area (Å²) < 4.78 is 13.2. The lowest BCUT2D eigenvalue weighted by atomic mass is 10.0. The zero-order valence-corrected chi connectivity index (χ0v) is 19.2. The molecule has 6 nitrogen and oxygen atoms in total. The molecule has 2 amide bonds. The monoisotopic (exact) mass is 438 g/mol. The Morgan fingerprint density at radius 3 is 2.31 bits per heavy atom. The summed E-state index contributed by atoms with van der Waals surface area (Å²) in [4.78, 5) is 32.6. The number of fused-ring (bicyclic) bond motifs is 1. The van der Waals surface area contributed by atoms with Gasteiger partial charge in [0.05, 0.1) is 6.54 Å². The Balaban J connectivity index is 1.87. The number of amides is 2. The lowest BCUT2D eigenvalue weighted by Crippen LogP contribution is -2.41. The van der Waals surface area contributed by atoms with Crippen molar-refractivity contribution < 1.29 is 9.18 Å². The van der Waals surface area contributed by atoms with Gasteiger partial charge in [0, 0.05) is 29.9 Å². The minimum atomic E-state index is -0.366. The van der Waals surface area contributed by atoms with Crippen LogP contribution in [0.2, 0.25) is 0 Å². The summed E-state index contributed by atoms with van der Waals surface area (Å²) >= 11 is 0. The number of H-pyrrole nitrogens is 1. The summed E-state index contributed by atoms with van der Waals surface area (Å²) in [5.41, 5.74) is 3.86. The predicted octanol–water partition coefficient (Wildman–Crippen LogP) is 4.66. The molecule has 2 aromatic carbocycles. The van der Waals surface area contributed by atoms with Gasteiger partial charge < -0.3 is 20.1 Å². The number of aromatic amines is 1. The van der Waals surface area contributed by atoms with Crippen LogP contribution >= 0.6 is 0 Å². The third-order valence-electron chi connectivity index (χ3n) is 5.86. The largest absolute Gasteiger partial charge is 0.322 e. The molecule has 0 fully saturated rings. The zero-order valence-electron chi connectivity index (χ0n) is 19.2. The van der Waals surface area contributed by atoms with Crippen molar-refractivity contribution in [1.82, 2.24) is 14.8 Å². The standard InChI is InChI=1S/C25H31FN4O2/c1-5-29(6-2)11-12-30(25(32)27-22-9-7-21(26)8-10-22)16-20-15-19-13-17(3)18(4)14-23(19)28-24(20)31/h7-10,13-15H,5-6,11-12,16H2,1-4H3,(H,27,32)(H,28,31). The number of aryl methyl sites for hydroxylation is 2. The smallest absolute Gasteiger partial charge is 0.322 e. The number of nitrogens with zero attached hydrogens (tertiary/aromatic N) is 2. The molecule has 0 aliphatic rings. The van der Waals surface area contributed by atoms with Gasteiger partial charge in [-0.25, -0.2) is 9.18 Å². The van der Waals surface area contributed by atoms with E-state index in [1.54, 1.807) is 4.90 Å². The van der Waals surface area contributed by atoms with Crippen LogP contribution in [0.1, 0.15) is 30.5 Å². The fourth-order valence-electron chi connectivity index (χ4n) is 3.64. The average Bonchev–Trinajstić information content (AvgIpc) is 2.76. The number of hydrogen-bond acceptors (Lipinski definition) is 3. The summed E-state index contributed by atoms with van der Waals surface area (Å²) in [6, 6.07) is 11.2. The minimum Gasteiger partial charge on any atom is -0.322 e. The number of anilines is 1. The van der Waals surface area contributed by atoms with Crippen LogP contribution in [0.5, 0.6) is 0 Å². The van der Waals surface area contributed by atoms with Crippen LogP contribution in [0.25, 0.3) is 10.9 Å². The van der Waals surface area contributed by atoms with Gasteiger partial charge in [-0.3, -0.25) is 4.79 Å². The number of pyridine rings is 1. The quantitative estimate of drug-likeness (QED) is 0.538. The van der Waals surface area contributed by atoms with Gasteiger partial charge in [-0.2, -0.15) is 0 Å². The first-order chi connectivity index (χ1) is 15.3. The fraction of sp³-hybridized carbons (Fsp3) is 0.360. The van der Waals surface area contributed by atoms with E-state index in [0.29, 0.717) is 24.3 Å². The topological polar surface area (TPSA) is 68.4 Å². The van der Waals surface area contributed by atoms with Crippen molar-refractivity contribution >= 4 is 22.6 Å². The van der Waals surface area contributed by atoms with Gasteiger partial charge in [0.1, 0.15) is 5.82 Å². The molecule has 0 atom stereocenters. The van der Waals surface area contributed by atoms with E-state index in [1.807, 2.05) is 32.0 Å². The van der Waals surface area contributed by atoms with Crippen LogP contribution in [-0.4, -0.2) is 47.0 Å². The molecule has 0 aliphatic carbocycles. The molecule has 3 aromatic rings. The highest BCUT2D eigenvalue weighted by atomic mass is 19.1. The Hall–Kier alpha value is -3.19. The summed E-state index contributed by atoms with van der Waals surface area (Å²) in [7, 11) is 0. The van der Waals surface area contributed by atoms with E-state index >= 15 is 0 Å². The maximum atomic E-state index is 13.2. The number of benzene rings is 2. The van der Waals surface area contributed by atoms with Gasteiger partial charge in [0.15, 0.2) is 0 Å². The second-order valence-electron chi connectivity index (χ2n) is 8.03. The summed E-state index contributed by atoms with van der Waals surface area (Å²) in [5, 5.41) is 3.75. The van der Waals surface area contributed by atoms with E-state index in [0.717, 1.165) is 35.1 Å². The van der Waals surface area contributed by atoms with Crippen LogP contribution < -0.4 is 10.9 Å². The molecular formula is C25H31FN4O2. The lowest BCUT2D eigenvalue weighted by Gasteiger charge is -2.26. The molecular weight excluding hydrogens is 407 g/mol. The van der Waals surface area contributed by atoms with Gasteiger partial charge in [0.2, 0.25) is 0 Å². The van der Waals surface area contributed by atoms with Crippen molar-refractivity contribution in [3.63, 3.8) is 0 Å². The first-order valence-corrected chi connectivity index (χ1v) is 11.0. The van der Waals surface area contributed by atoms with Crippen molar-refractivity contribution in [2.24, 2.45) is 0 Å². The fourth-order valence-corrected chi connectivity index (χ4v) is 3.64. The third kappa shape index (κ3) is 5.73. The third-order valence-corrected chi connectivity index (χ3v) is 5.86. The van der Waals surface area contributed by atoms with Crippen LogP contribution in [0.15, 0.2) is 47.3 Å². The van der Waals surface area contributed by atoms with Crippen molar-refractivity contribution in [2.75, 3.05) is 31.5 Å². The molecule has 170 valence electrons. The first-order valence-electron chi connectivity index (χ1n) is 11.0. The molecule has 1 aromatic heterocycles. The summed E-state index contributed by atoms with van der Waals surface area (Å²) in [6.07, 6.45) is 0. The second-order valence-corrected chi connectivity index (χ2v) is 8.03. The van der Waals surface area contributed by atoms with Gasteiger partial charge in [-0.15, -0.1) is 0 Å². The second kappa shape index (κ2) is 10.4. The summed E-state index contributed by atoms with van der Waals surface area (Å²) in [6.45, 7) is 11.3. The predicted molar refractivity (Wildman–Crippen MR) is 128 cm³/mol. The highest BCUT2D eigenvalue weighted by molar-refractivity contribution is 5.89. The number of carbonyl (C=O) groups is 1. The Morgan fingerprint density at radius 2 is 1.66 bits per heavy atom. The normalized spacial score (nSPS) is 11.2. The Labute approximate surface area is 188 Å². The van der Waals surface area contributed by atoms with Crippen LogP contribution in [-0.2, 0) is 6.54 Å². The molecule has 0 radical (unpaired) electrons. The van der Waals surface area contributed by atoms with Crippen molar-refractivity contribution in [2.45, 2.75) is 34.2 Å². The van der Waals surface area contributed by atoms with Crippen molar-refractivity contribution in [3.05, 3.63) is 75.3 Å². The Kier molecular flexibility index (Phi) is 7.64. The van der Waals surface area contributed by atoms with E-state index < -0.39 is 0 Å². The molecule has 0 saturated heterocycles. The van der Waals surface area contributed by atoms with Gasteiger partial charge >= 0.3 is 6.03 Å². The molecule has 0 unspecified atom stereocenters. The number of rotatable bonds is 8. The number of carbonyl (C=O) groups excluding carboxylic acids is 1. The van der Waals surface area contributed by atoms with Crippen molar-refractivity contribution in [1.29, 1.82) is 0 Å². The van der Waals surface area contributed by atoms with Crippen LogP contribution in [0.4, 0.5) is 14.9 Å². The maximum absolute atomic E-state index is 13.2. The Bertz CT molecular complexity index is 1140.